The first-order valence-corrected chi connectivity index (χ1v) is 6.32. The number of fused-ring (bicyclic) bond motifs is 5. The molecule has 0 aliphatic heterocycles. The van der Waals surface area contributed by atoms with Crippen LogP contribution in [0.3, 0.4) is 0 Å². The zero-order valence-electron chi connectivity index (χ0n) is 10.5. The van der Waals surface area contributed by atoms with Crippen molar-refractivity contribution in [3.05, 3.63) is 65.0 Å². The molecule has 0 saturated heterocycles. The number of hydrogen-bond acceptors (Lipinski definition) is 3. The number of aromatic hydroxyl groups is 1. The predicted molar refractivity (Wildman–Crippen MR) is 79.2 cm³/mol. The first-order valence-electron chi connectivity index (χ1n) is 6.32. The van der Waals surface area contributed by atoms with Crippen LogP contribution in [-0.2, 0) is 0 Å². The fourth-order valence-corrected chi connectivity index (χ4v) is 2.68. The van der Waals surface area contributed by atoms with Crippen LogP contribution in [0.5, 0.6) is 5.75 Å². The molecular formula is C17H10O3. The summed E-state index contributed by atoms with van der Waals surface area (Å²) < 4.78 is 5.48. The van der Waals surface area contributed by atoms with Crippen LogP contribution in [-0.4, -0.2) is 5.11 Å². The lowest BCUT2D eigenvalue weighted by Crippen LogP contribution is -1.99. The summed E-state index contributed by atoms with van der Waals surface area (Å²) in [6, 6.07) is 16.3. The molecule has 1 aromatic heterocycles. The maximum atomic E-state index is 12.1. The summed E-state index contributed by atoms with van der Waals surface area (Å²) in [5.74, 6) is 0.181. The maximum Gasteiger partial charge on any atom is 0.344 e. The Hall–Kier alpha value is -2.81. The van der Waals surface area contributed by atoms with Crippen LogP contribution in [0.1, 0.15) is 0 Å². The predicted octanol–water partition coefficient (Wildman–Crippen LogP) is 3.81. The lowest BCUT2D eigenvalue weighted by atomic mass is 10.0. The van der Waals surface area contributed by atoms with E-state index in [4.69, 9.17) is 4.42 Å². The van der Waals surface area contributed by atoms with Crippen LogP contribution in [0, 0.1) is 0 Å². The second-order valence-electron chi connectivity index (χ2n) is 4.75. The van der Waals surface area contributed by atoms with Crippen molar-refractivity contribution >= 4 is 32.5 Å². The third-order valence-corrected chi connectivity index (χ3v) is 3.62. The largest absolute Gasteiger partial charge is 0.507 e. The molecule has 3 nitrogen and oxygen atoms in total. The van der Waals surface area contributed by atoms with Gasteiger partial charge >= 0.3 is 5.63 Å². The minimum atomic E-state index is -0.357. The normalized spacial score (nSPS) is 11.4. The van der Waals surface area contributed by atoms with Gasteiger partial charge in [-0.3, -0.25) is 0 Å². The minimum absolute atomic E-state index is 0.181. The lowest BCUT2D eigenvalue weighted by Gasteiger charge is -2.06. The van der Waals surface area contributed by atoms with Gasteiger partial charge in [0.25, 0.3) is 0 Å². The highest BCUT2D eigenvalue weighted by molar-refractivity contribution is 6.14. The summed E-state index contributed by atoms with van der Waals surface area (Å²) in [7, 11) is 0. The molecule has 4 rings (SSSR count). The summed E-state index contributed by atoms with van der Waals surface area (Å²) >= 11 is 0. The quantitative estimate of drug-likeness (QED) is 0.387. The van der Waals surface area contributed by atoms with E-state index in [1.165, 1.54) is 0 Å². The fraction of sp³-hybridized carbons (Fsp3) is 0. The monoisotopic (exact) mass is 262 g/mol. The van der Waals surface area contributed by atoms with Gasteiger partial charge in [-0.25, -0.2) is 4.79 Å². The molecule has 3 heteroatoms. The van der Waals surface area contributed by atoms with Crippen molar-refractivity contribution in [3.8, 4) is 5.75 Å². The SMILES string of the molecule is O=c1oc2c3cccc(O)c3ccc2c2ccccc12. The van der Waals surface area contributed by atoms with Crippen LogP contribution < -0.4 is 5.63 Å². The van der Waals surface area contributed by atoms with E-state index in [-0.39, 0.29) is 11.4 Å². The van der Waals surface area contributed by atoms with Crippen LogP contribution in [0.15, 0.2) is 63.8 Å². The van der Waals surface area contributed by atoms with Gasteiger partial charge in [0.1, 0.15) is 11.3 Å². The van der Waals surface area contributed by atoms with Gasteiger partial charge in [0.2, 0.25) is 0 Å². The van der Waals surface area contributed by atoms with Gasteiger partial charge in [0, 0.05) is 16.2 Å². The van der Waals surface area contributed by atoms with Crippen molar-refractivity contribution in [2.45, 2.75) is 0 Å². The Morgan fingerprint density at radius 3 is 2.20 bits per heavy atom. The zero-order valence-corrected chi connectivity index (χ0v) is 10.5. The van der Waals surface area contributed by atoms with E-state index in [2.05, 4.69) is 0 Å². The van der Waals surface area contributed by atoms with Crippen LogP contribution >= 0.6 is 0 Å². The van der Waals surface area contributed by atoms with Crippen molar-refractivity contribution < 1.29 is 9.52 Å². The molecule has 0 aliphatic rings. The fourth-order valence-electron chi connectivity index (χ4n) is 2.68. The third kappa shape index (κ3) is 1.37. The molecule has 4 aromatic rings. The molecule has 20 heavy (non-hydrogen) atoms. The Morgan fingerprint density at radius 1 is 0.700 bits per heavy atom. The van der Waals surface area contributed by atoms with Crippen LogP contribution in [0.2, 0.25) is 0 Å². The Balaban J connectivity index is 2.36. The van der Waals surface area contributed by atoms with Gasteiger partial charge in [0.05, 0.1) is 5.39 Å². The maximum absolute atomic E-state index is 12.1. The Kier molecular flexibility index (Phi) is 2.12. The topological polar surface area (TPSA) is 50.4 Å². The second-order valence-corrected chi connectivity index (χ2v) is 4.75. The highest BCUT2D eigenvalue weighted by Crippen LogP contribution is 2.32. The van der Waals surface area contributed by atoms with E-state index >= 15 is 0 Å². The van der Waals surface area contributed by atoms with E-state index in [0.717, 1.165) is 16.2 Å². The summed E-state index contributed by atoms with van der Waals surface area (Å²) in [6.07, 6.45) is 0. The first kappa shape index (κ1) is 11.1. The van der Waals surface area contributed by atoms with Crippen molar-refractivity contribution in [2.24, 2.45) is 0 Å². The molecule has 0 atom stereocenters. The summed E-state index contributed by atoms with van der Waals surface area (Å²) in [5.41, 5.74) is 0.158. The standard InChI is InChI=1S/C17H10O3/c18-15-7-3-6-12-11(15)8-9-13-10-4-1-2-5-14(10)17(19)20-16(12)13/h1-9,18H. The number of phenolic OH excluding ortho intramolecular Hbond substituents is 1. The molecule has 0 unspecified atom stereocenters. The minimum Gasteiger partial charge on any atom is -0.507 e. The average molecular weight is 262 g/mol. The number of rotatable bonds is 0. The number of hydrogen-bond donors (Lipinski definition) is 1. The Bertz CT molecular complexity index is 1030. The molecule has 0 fully saturated rings. The molecule has 3 aromatic carbocycles. The van der Waals surface area contributed by atoms with Crippen LogP contribution in [0.25, 0.3) is 32.5 Å². The highest BCUT2D eigenvalue weighted by atomic mass is 16.4. The van der Waals surface area contributed by atoms with Gasteiger partial charge in [-0.2, -0.15) is 0 Å². The van der Waals surface area contributed by atoms with Crippen molar-refractivity contribution in [2.75, 3.05) is 0 Å². The number of benzene rings is 3. The summed E-state index contributed by atoms with van der Waals surface area (Å²) in [4.78, 5) is 12.1. The van der Waals surface area contributed by atoms with Gasteiger partial charge in [-0.1, -0.05) is 30.3 Å². The molecule has 1 N–H and O–H groups in total. The van der Waals surface area contributed by atoms with E-state index in [9.17, 15) is 9.90 Å². The average Bonchev–Trinajstić information content (AvgIpc) is 2.48. The zero-order chi connectivity index (χ0) is 13.7. The lowest BCUT2D eigenvalue weighted by molar-refractivity contribution is 0.481. The van der Waals surface area contributed by atoms with Gasteiger partial charge in [0.15, 0.2) is 0 Å². The first-order chi connectivity index (χ1) is 9.75. The molecular weight excluding hydrogens is 252 g/mol. The molecule has 0 bridgehead atoms. The highest BCUT2D eigenvalue weighted by Gasteiger charge is 2.10. The number of phenols is 1. The van der Waals surface area contributed by atoms with Crippen LogP contribution in [0.4, 0.5) is 0 Å². The Labute approximate surface area is 113 Å². The van der Waals surface area contributed by atoms with Crippen molar-refractivity contribution in [3.63, 3.8) is 0 Å². The third-order valence-electron chi connectivity index (χ3n) is 3.62. The summed E-state index contributed by atoms with van der Waals surface area (Å²) in [5, 5.41) is 13.6. The molecule has 1 heterocycles. The van der Waals surface area contributed by atoms with E-state index in [1.54, 1.807) is 18.2 Å². The molecule has 0 aliphatic carbocycles. The molecule has 0 amide bonds. The van der Waals surface area contributed by atoms with E-state index in [0.29, 0.717) is 16.4 Å². The van der Waals surface area contributed by atoms with Gasteiger partial charge in [-0.05, 0) is 29.7 Å². The molecule has 0 spiro atoms. The Morgan fingerprint density at radius 2 is 1.35 bits per heavy atom. The molecule has 96 valence electrons. The van der Waals surface area contributed by atoms with E-state index in [1.807, 2.05) is 36.4 Å². The smallest absolute Gasteiger partial charge is 0.344 e. The van der Waals surface area contributed by atoms with Gasteiger partial charge in [-0.15, -0.1) is 0 Å². The summed E-state index contributed by atoms with van der Waals surface area (Å²) in [6.45, 7) is 0. The van der Waals surface area contributed by atoms with Crippen molar-refractivity contribution in [1.82, 2.24) is 0 Å². The molecule has 0 radical (unpaired) electrons. The van der Waals surface area contributed by atoms with Gasteiger partial charge < -0.3 is 9.52 Å². The van der Waals surface area contributed by atoms with Crippen molar-refractivity contribution in [1.29, 1.82) is 0 Å². The molecule has 0 saturated carbocycles. The van der Waals surface area contributed by atoms with E-state index < -0.39 is 0 Å². The second kappa shape index (κ2) is 3.84.